The molecule has 96 valence electrons. The molecule has 2 heterocycles. The largest absolute Gasteiger partial charge is 0.337 e. The average Bonchev–Trinajstić information content (AvgIpc) is 2.37. The van der Waals surface area contributed by atoms with Crippen LogP contribution in [0.4, 0.5) is 0 Å². The van der Waals surface area contributed by atoms with Crippen LogP contribution < -0.4 is 0 Å². The highest BCUT2D eigenvalue weighted by Crippen LogP contribution is 2.21. The molecule has 2 aromatic rings. The monoisotopic (exact) mass is 273 g/mol. The minimum atomic E-state index is -0.0306. The summed E-state index contributed by atoms with van der Waals surface area (Å²) < 4.78 is 0. The maximum Gasteiger partial charge on any atom is 0.272 e. The Kier molecular flexibility index (Phi) is 3.17. The molecule has 0 saturated carbocycles. The summed E-state index contributed by atoms with van der Waals surface area (Å²) in [4.78, 5) is 22.1. The van der Waals surface area contributed by atoms with Crippen molar-refractivity contribution >= 4 is 17.5 Å². The third-order valence-corrected chi connectivity index (χ3v) is 3.38. The normalized spacial score (nSPS) is 14.1. The van der Waals surface area contributed by atoms with Gasteiger partial charge in [-0.3, -0.25) is 4.79 Å². The second-order valence-electron chi connectivity index (χ2n) is 4.44. The zero-order valence-corrected chi connectivity index (χ0v) is 11.0. The molecular formula is C14H12ClN3O. The molecule has 1 aromatic carbocycles. The lowest BCUT2D eigenvalue weighted by molar-refractivity contribution is 0.0645. The lowest BCUT2D eigenvalue weighted by Crippen LogP contribution is -2.42. The average molecular weight is 274 g/mol. The lowest BCUT2D eigenvalue weighted by Gasteiger charge is -2.30. The highest BCUT2D eigenvalue weighted by atomic mass is 35.5. The fourth-order valence-corrected chi connectivity index (χ4v) is 2.15. The summed E-state index contributed by atoms with van der Waals surface area (Å²) in [5.74, 6) is -0.0306. The van der Waals surface area contributed by atoms with Crippen LogP contribution in [0.1, 0.15) is 16.9 Å². The first-order valence-electron chi connectivity index (χ1n) is 6.11. The van der Waals surface area contributed by atoms with E-state index in [0.717, 1.165) is 25.1 Å². The Morgan fingerprint density at radius 2 is 2.05 bits per heavy atom. The molecule has 0 aliphatic carbocycles. The highest BCUT2D eigenvalue weighted by Gasteiger charge is 2.22. The van der Waals surface area contributed by atoms with Crippen LogP contribution in [0.5, 0.6) is 0 Å². The van der Waals surface area contributed by atoms with Crippen LogP contribution in [0, 0.1) is 0 Å². The van der Waals surface area contributed by atoms with Crippen molar-refractivity contribution in [1.29, 1.82) is 0 Å². The number of halogens is 1. The van der Waals surface area contributed by atoms with E-state index in [4.69, 9.17) is 11.6 Å². The number of hydrogen-bond acceptors (Lipinski definition) is 3. The van der Waals surface area contributed by atoms with E-state index >= 15 is 0 Å². The number of carbonyl (C=O) groups excluding carboxylic acids is 1. The van der Waals surface area contributed by atoms with Crippen LogP contribution in [0.15, 0.2) is 36.7 Å². The number of likely N-dealkylation sites (tertiary alicyclic amines) is 1. The molecule has 4 nitrogen and oxygen atoms in total. The molecule has 19 heavy (non-hydrogen) atoms. The van der Waals surface area contributed by atoms with Crippen molar-refractivity contribution in [3.63, 3.8) is 0 Å². The smallest absolute Gasteiger partial charge is 0.272 e. The number of hydrogen-bond donors (Lipinski definition) is 0. The third-order valence-electron chi connectivity index (χ3n) is 3.15. The first-order valence-corrected chi connectivity index (χ1v) is 6.49. The Morgan fingerprint density at radius 3 is 2.74 bits per heavy atom. The molecule has 1 aromatic heterocycles. The quantitative estimate of drug-likeness (QED) is 0.845. The van der Waals surface area contributed by atoms with Gasteiger partial charge in [0.25, 0.3) is 5.91 Å². The van der Waals surface area contributed by atoms with Gasteiger partial charge in [-0.2, -0.15) is 0 Å². The van der Waals surface area contributed by atoms with Crippen LogP contribution >= 0.6 is 11.6 Å². The van der Waals surface area contributed by atoms with Crippen LogP contribution in [0.25, 0.3) is 11.3 Å². The van der Waals surface area contributed by atoms with E-state index < -0.39 is 0 Å². The summed E-state index contributed by atoms with van der Waals surface area (Å²) in [6, 6.07) is 9.11. The van der Waals surface area contributed by atoms with Crippen LogP contribution in [-0.4, -0.2) is 33.9 Å². The highest BCUT2D eigenvalue weighted by molar-refractivity contribution is 6.30. The fourth-order valence-electron chi connectivity index (χ4n) is 1.96. The van der Waals surface area contributed by atoms with Gasteiger partial charge in [-0.15, -0.1) is 0 Å². The molecule has 0 unspecified atom stereocenters. The van der Waals surface area contributed by atoms with Gasteiger partial charge >= 0.3 is 0 Å². The molecule has 1 fully saturated rings. The zero-order chi connectivity index (χ0) is 13.2. The molecule has 0 spiro atoms. The van der Waals surface area contributed by atoms with E-state index in [9.17, 15) is 4.79 Å². The van der Waals surface area contributed by atoms with Gasteiger partial charge in [-0.1, -0.05) is 23.7 Å². The molecule has 0 atom stereocenters. The minimum Gasteiger partial charge on any atom is -0.337 e. The topological polar surface area (TPSA) is 46.1 Å². The summed E-state index contributed by atoms with van der Waals surface area (Å²) in [6.45, 7) is 1.63. The number of amides is 1. The van der Waals surface area contributed by atoms with Crippen molar-refractivity contribution < 1.29 is 4.79 Å². The van der Waals surface area contributed by atoms with Crippen LogP contribution in [0.2, 0.25) is 5.02 Å². The lowest BCUT2D eigenvalue weighted by atomic mass is 10.1. The van der Waals surface area contributed by atoms with Crippen LogP contribution in [0.3, 0.4) is 0 Å². The Hall–Kier alpha value is -1.94. The van der Waals surface area contributed by atoms with Crippen molar-refractivity contribution in [2.75, 3.05) is 13.1 Å². The van der Waals surface area contributed by atoms with Gasteiger partial charge in [0, 0.05) is 23.7 Å². The van der Waals surface area contributed by atoms with E-state index in [0.29, 0.717) is 16.4 Å². The molecule has 0 radical (unpaired) electrons. The molecule has 1 saturated heterocycles. The second kappa shape index (κ2) is 4.97. The predicted octanol–water partition coefficient (Wildman–Crippen LogP) is 2.64. The summed E-state index contributed by atoms with van der Waals surface area (Å²) in [5.41, 5.74) is 2.03. The summed E-state index contributed by atoms with van der Waals surface area (Å²) in [6.07, 6.45) is 2.49. The molecular weight excluding hydrogens is 262 g/mol. The van der Waals surface area contributed by atoms with Gasteiger partial charge < -0.3 is 4.90 Å². The molecule has 5 heteroatoms. The van der Waals surface area contributed by atoms with Crippen molar-refractivity contribution in [2.24, 2.45) is 0 Å². The van der Waals surface area contributed by atoms with E-state index in [1.165, 1.54) is 6.33 Å². The van der Waals surface area contributed by atoms with Crippen molar-refractivity contribution in [3.8, 4) is 11.3 Å². The third kappa shape index (κ3) is 2.44. The predicted molar refractivity (Wildman–Crippen MR) is 73.0 cm³/mol. The molecule has 1 aliphatic rings. The van der Waals surface area contributed by atoms with E-state index in [1.807, 2.05) is 18.2 Å². The molecule has 0 bridgehead atoms. The Labute approximate surface area is 116 Å². The maximum atomic E-state index is 12.1. The van der Waals surface area contributed by atoms with Crippen molar-refractivity contribution in [1.82, 2.24) is 14.9 Å². The first-order chi connectivity index (χ1) is 9.24. The molecule has 0 N–H and O–H groups in total. The molecule has 3 rings (SSSR count). The van der Waals surface area contributed by atoms with Gasteiger partial charge in [0.05, 0.1) is 5.69 Å². The first kappa shape index (κ1) is 12.1. The molecule has 1 aliphatic heterocycles. The van der Waals surface area contributed by atoms with Gasteiger partial charge in [0.15, 0.2) is 0 Å². The Balaban J connectivity index is 1.93. The minimum absolute atomic E-state index is 0.0306. The van der Waals surface area contributed by atoms with Crippen molar-refractivity contribution in [2.45, 2.75) is 6.42 Å². The van der Waals surface area contributed by atoms with E-state index in [2.05, 4.69) is 9.97 Å². The van der Waals surface area contributed by atoms with Gasteiger partial charge in [-0.25, -0.2) is 9.97 Å². The summed E-state index contributed by atoms with van der Waals surface area (Å²) in [7, 11) is 0. The maximum absolute atomic E-state index is 12.1. The SMILES string of the molecule is O=C(c1cc(-c2cccc(Cl)c2)ncn1)N1CCC1. The second-order valence-corrected chi connectivity index (χ2v) is 4.88. The number of nitrogens with zero attached hydrogens (tertiary/aromatic N) is 3. The zero-order valence-electron chi connectivity index (χ0n) is 10.2. The Bertz CT molecular complexity index is 626. The van der Waals surface area contributed by atoms with E-state index in [-0.39, 0.29) is 5.91 Å². The van der Waals surface area contributed by atoms with Gasteiger partial charge in [-0.05, 0) is 24.6 Å². The fraction of sp³-hybridized carbons (Fsp3) is 0.214. The Morgan fingerprint density at radius 1 is 1.21 bits per heavy atom. The van der Waals surface area contributed by atoms with Crippen LogP contribution in [-0.2, 0) is 0 Å². The van der Waals surface area contributed by atoms with E-state index in [1.54, 1.807) is 17.0 Å². The van der Waals surface area contributed by atoms with Crippen molar-refractivity contribution in [3.05, 3.63) is 47.4 Å². The van der Waals surface area contributed by atoms with Gasteiger partial charge in [0.2, 0.25) is 0 Å². The summed E-state index contributed by atoms with van der Waals surface area (Å²) in [5, 5.41) is 0.645. The number of benzene rings is 1. The number of carbonyl (C=O) groups is 1. The standard InChI is InChI=1S/C14H12ClN3O/c15-11-4-1-3-10(7-11)12-8-13(17-9-16-12)14(19)18-5-2-6-18/h1,3-4,7-9H,2,5-6H2. The van der Waals surface area contributed by atoms with Gasteiger partial charge in [0.1, 0.15) is 12.0 Å². The number of aromatic nitrogens is 2. The number of rotatable bonds is 2. The molecule has 1 amide bonds. The summed E-state index contributed by atoms with van der Waals surface area (Å²) >= 11 is 5.96.